The Morgan fingerprint density at radius 3 is 1.92 bits per heavy atom. The number of halogens is 1. The fourth-order valence-corrected chi connectivity index (χ4v) is 7.17. The largest absolute Gasteiger partial charge is 0.294 e. The molecule has 1 unspecified atom stereocenters. The molecule has 0 radical (unpaired) electrons. The lowest BCUT2D eigenvalue weighted by molar-refractivity contribution is 0.431. The zero-order valence-electron chi connectivity index (χ0n) is 23.9. The minimum Gasteiger partial charge on any atom is -0.294 e. The summed E-state index contributed by atoms with van der Waals surface area (Å²) in [6.07, 6.45) is 21.6. The van der Waals surface area contributed by atoms with Gasteiger partial charge in [-0.3, -0.25) is 5.10 Å². The maximum absolute atomic E-state index is 13.1. The summed E-state index contributed by atoms with van der Waals surface area (Å²) in [5.41, 5.74) is 1.58. The number of hydrogen-bond acceptors (Lipinski definition) is 4. The van der Waals surface area contributed by atoms with Crippen molar-refractivity contribution in [2.75, 3.05) is 11.5 Å². The van der Waals surface area contributed by atoms with E-state index in [0.29, 0.717) is 28.7 Å². The van der Waals surface area contributed by atoms with Gasteiger partial charge >= 0.3 is 0 Å². The first-order chi connectivity index (χ1) is 17.9. The molecule has 2 rings (SSSR count). The highest BCUT2D eigenvalue weighted by atomic mass is 35.5. The number of rotatable bonds is 23. The highest BCUT2D eigenvalue weighted by Gasteiger charge is 2.22. The van der Waals surface area contributed by atoms with Gasteiger partial charge in [-0.2, -0.15) is 0 Å². The second-order valence-electron chi connectivity index (χ2n) is 11.0. The van der Waals surface area contributed by atoms with Gasteiger partial charge in [0, 0.05) is 6.42 Å². The molecule has 8 heteroatoms. The molecule has 214 valence electrons. The molecule has 0 spiro atoms. The van der Waals surface area contributed by atoms with Crippen molar-refractivity contribution >= 4 is 27.1 Å². The number of aryl methyl sites for hydroxylation is 2. The third-order valence-corrected chi connectivity index (χ3v) is 9.73. The maximum Gasteiger partial charge on any atom is 0.196 e. The van der Waals surface area contributed by atoms with Crippen LogP contribution in [-0.4, -0.2) is 39.7 Å². The van der Waals surface area contributed by atoms with Gasteiger partial charge < -0.3 is 0 Å². The molecule has 1 atom stereocenters. The summed E-state index contributed by atoms with van der Waals surface area (Å²) in [5.74, 6) is 1.32. The second kappa shape index (κ2) is 18.3. The van der Waals surface area contributed by atoms with E-state index in [1.807, 2.05) is 0 Å². The molecule has 0 aliphatic rings. The lowest BCUT2D eigenvalue weighted by Crippen LogP contribution is -2.21. The van der Waals surface area contributed by atoms with Crippen LogP contribution in [0.1, 0.15) is 141 Å². The average molecular weight is 557 g/mol. The minimum atomic E-state index is -3.17. The minimum absolute atomic E-state index is 0.110. The molecule has 0 aliphatic carbocycles. The fraction of sp³-hybridized carbons (Fsp3) is 0.862. The predicted molar refractivity (Wildman–Crippen MR) is 157 cm³/mol. The van der Waals surface area contributed by atoms with Crippen LogP contribution in [0.25, 0.3) is 5.65 Å². The number of hydrogen-bond donors (Lipinski definition) is 1. The normalized spacial score (nSPS) is 13.1. The van der Waals surface area contributed by atoms with Crippen molar-refractivity contribution < 1.29 is 8.42 Å². The summed E-state index contributed by atoms with van der Waals surface area (Å²) in [7, 11) is -3.17. The number of aromatic amines is 1. The van der Waals surface area contributed by atoms with Gasteiger partial charge in [0.2, 0.25) is 0 Å². The Bertz CT molecular complexity index is 970. The van der Waals surface area contributed by atoms with Crippen molar-refractivity contribution in [2.45, 2.75) is 143 Å². The molecule has 2 heterocycles. The van der Waals surface area contributed by atoms with Gasteiger partial charge in [0.25, 0.3) is 0 Å². The molecule has 0 amide bonds. The molecule has 6 nitrogen and oxygen atoms in total. The molecule has 37 heavy (non-hydrogen) atoms. The van der Waals surface area contributed by atoms with Crippen LogP contribution >= 0.6 is 11.6 Å². The molecule has 0 aromatic carbocycles. The van der Waals surface area contributed by atoms with Crippen molar-refractivity contribution in [1.29, 1.82) is 0 Å². The Hall–Kier alpha value is -1.08. The van der Waals surface area contributed by atoms with Crippen LogP contribution in [0.15, 0.2) is 0 Å². The van der Waals surface area contributed by atoms with Crippen molar-refractivity contribution in [1.82, 2.24) is 19.8 Å². The van der Waals surface area contributed by atoms with Crippen molar-refractivity contribution in [3.63, 3.8) is 0 Å². The van der Waals surface area contributed by atoms with Gasteiger partial charge in [0.05, 0.1) is 17.2 Å². The summed E-state index contributed by atoms with van der Waals surface area (Å²) in [6.45, 7) is 6.67. The van der Waals surface area contributed by atoms with Crippen molar-refractivity contribution in [2.24, 2.45) is 5.92 Å². The molecular formula is C29H53ClN4O2S. The highest BCUT2D eigenvalue weighted by Crippen LogP contribution is 2.24. The second-order valence-corrected chi connectivity index (χ2v) is 13.6. The number of nitrogens with one attached hydrogen (secondary N) is 1. The number of sulfone groups is 1. The first kappa shape index (κ1) is 32.1. The van der Waals surface area contributed by atoms with Gasteiger partial charge in [-0.05, 0) is 31.6 Å². The molecule has 0 saturated carbocycles. The summed E-state index contributed by atoms with van der Waals surface area (Å²) in [5, 5.41) is 12.4. The van der Waals surface area contributed by atoms with E-state index in [1.165, 1.54) is 77.0 Å². The van der Waals surface area contributed by atoms with Crippen LogP contribution in [-0.2, 0) is 22.7 Å². The van der Waals surface area contributed by atoms with E-state index in [4.69, 9.17) is 11.6 Å². The first-order valence-corrected chi connectivity index (χ1v) is 17.4. The molecule has 0 saturated heterocycles. The summed E-state index contributed by atoms with van der Waals surface area (Å²) < 4.78 is 28.1. The van der Waals surface area contributed by atoms with Crippen LogP contribution in [0.5, 0.6) is 0 Å². The predicted octanol–water partition coefficient (Wildman–Crippen LogP) is 8.52. The smallest absolute Gasteiger partial charge is 0.196 e. The van der Waals surface area contributed by atoms with Gasteiger partial charge in [-0.25, -0.2) is 12.9 Å². The van der Waals surface area contributed by atoms with Crippen LogP contribution in [0.4, 0.5) is 0 Å². The zero-order valence-corrected chi connectivity index (χ0v) is 25.4. The van der Waals surface area contributed by atoms with E-state index < -0.39 is 9.84 Å². The molecule has 0 aliphatic heterocycles. The Labute approximate surface area is 231 Å². The van der Waals surface area contributed by atoms with Gasteiger partial charge in [-0.15, -0.1) is 10.2 Å². The monoisotopic (exact) mass is 556 g/mol. The van der Waals surface area contributed by atoms with E-state index in [2.05, 4.69) is 36.1 Å². The highest BCUT2D eigenvalue weighted by molar-refractivity contribution is 7.91. The molecule has 2 aromatic rings. The van der Waals surface area contributed by atoms with Crippen LogP contribution in [0, 0.1) is 5.92 Å². The zero-order chi connectivity index (χ0) is 26.9. The SMILES string of the molecule is CCCCCCCCC(CCCCCC)CS(=O)(=O)CCc1nnc2c(Cl)c(CCCCCCC)[nH]n12. The number of unbranched alkanes of at least 4 members (excludes halogenated alkanes) is 12. The van der Waals surface area contributed by atoms with Crippen LogP contribution in [0.2, 0.25) is 5.02 Å². The number of fused-ring (bicyclic) bond motifs is 1. The van der Waals surface area contributed by atoms with Crippen molar-refractivity contribution in [3.05, 3.63) is 16.5 Å². The Kier molecular flexibility index (Phi) is 15.9. The standard InChI is InChI=1S/C29H53ClN4O2S/c1-4-7-10-13-15-17-20-25(19-16-12-9-6-3)24-37(35,36)23-22-27-31-32-29-28(30)26(33-34(27)29)21-18-14-11-8-5-2/h25,33H,4-24H2,1-3H3. The number of H-pyrrole nitrogens is 1. The van der Waals surface area contributed by atoms with E-state index in [1.54, 1.807) is 4.52 Å². The van der Waals surface area contributed by atoms with Crippen LogP contribution < -0.4 is 0 Å². The van der Waals surface area contributed by atoms with Gasteiger partial charge in [0.1, 0.15) is 5.02 Å². The first-order valence-electron chi connectivity index (χ1n) is 15.2. The lowest BCUT2D eigenvalue weighted by Gasteiger charge is -2.17. The molecule has 0 bridgehead atoms. The van der Waals surface area contributed by atoms with E-state index in [9.17, 15) is 8.42 Å². The lowest BCUT2D eigenvalue weighted by atomic mass is 9.96. The van der Waals surface area contributed by atoms with Gasteiger partial charge in [-0.1, -0.05) is 122 Å². The molecular weight excluding hydrogens is 504 g/mol. The molecule has 0 fully saturated rings. The van der Waals surface area contributed by atoms with Crippen molar-refractivity contribution in [3.8, 4) is 0 Å². The topological polar surface area (TPSA) is 80.1 Å². The fourth-order valence-electron chi connectivity index (χ4n) is 5.20. The quantitative estimate of drug-likeness (QED) is 0.139. The van der Waals surface area contributed by atoms with E-state index in [-0.39, 0.29) is 11.7 Å². The maximum atomic E-state index is 13.1. The number of aromatic nitrogens is 4. The van der Waals surface area contributed by atoms with E-state index in [0.717, 1.165) is 44.2 Å². The average Bonchev–Trinajstić information content (AvgIpc) is 3.41. The third-order valence-electron chi connectivity index (χ3n) is 7.53. The molecule has 1 N–H and O–H groups in total. The van der Waals surface area contributed by atoms with Gasteiger partial charge in [0.15, 0.2) is 21.3 Å². The summed E-state index contributed by atoms with van der Waals surface area (Å²) in [6, 6.07) is 0. The Morgan fingerprint density at radius 2 is 1.30 bits per heavy atom. The summed E-state index contributed by atoms with van der Waals surface area (Å²) in [4.78, 5) is 0. The van der Waals surface area contributed by atoms with E-state index >= 15 is 0 Å². The Morgan fingerprint density at radius 1 is 0.757 bits per heavy atom. The van der Waals surface area contributed by atoms with Crippen LogP contribution in [0.3, 0.4) is 0 Å². The third kappa shape index (κ3) is 12.1. The number of nitrogens with zero attached hydrogens (tertiary/aromatic N) is 3. The Balaban J connectivity index is 1.91. The molecule has 2 aromatic heterocycles. The summed E-state index contributed by atoms with van der Waals surface area (Å²) >= 11 is 6.56.